The normalized spacial score (nSPS) is 17.9. The van der Waals surface area contributed by atoms with Crippen molar-refractivity contribution >= 4 is 29.0 Å². The van der Waals surface area contributed by atoms with E-state index in [0.29, 0.717) is 11.6 Å². The molecule has 4 rings (SSSR count). The van der Waals surface area contributed by atoms with Crippen molar-refractivity contribution in [3.05, 3.63) is 76.9 Å². The van der Waals surface area contributed by atoms with E-state index in [1.165, 1.54) is 16.7 Å². The predicted molar refractivity (Wildman–Crippen MR) is 133 cm³/mol. The second-order valence-corrected chi connectivity index (χ2v) is 9.00. The molecule has 34 heavy (non-hydrogen) atoms. The number of aryl methyl sites for hydroxylation is 2. The van der Waals surface area contributed by atoms with Gasteiger partial charge in [0.25, 0.3) is 5.91 Å². The molecule has 0 spiro atoms. The van der Waals surface area contributed by atoms with Crippen molar-refractivity contribution in [1.29, 1.82) is 0 Å². The number of benzene rings is 2. The van der Waals surface area contributed by atoms with E-state index >= 15 is 0 Å². The molecule has 7 nitrogen and oxygen atoms in total. The summed E-state index contributed by atoms with van der Waals surface area (Å²) in [6.07, 6.45) is 5.71. The summed E-state index contributed by atoms with van der Waals surface area (Å²) in [5.41, 5.74) is 5.71. The summed E-state index contributed by atoms with van der Waals surface area (Å²) < 4.78 is 16.6. The molecule has 2 N–H and O–H groups in total. The van der Waals surface area contributed by atoms with E-state index in [4.69, 9.17) is 8.42 Å². The molecule has 1 fully saturated rings. The molecule has 1 aliphatic heterocycles. The van der Waals surface area contributed by atoms with Crippen LogP contribution in [-0.2, 0) is 16.4 Å². The molecule has 8 heteroatoms. The lowest BCUT2D eigenvalue weighted by atomic mass is 9.88. The van der Waals surface area contributed by atoms with Crippen molar-refractivity contribution in [2.75, 3.05) is 19.6 Å². The summed E-state index contributed by atoms with van der Waals surface area (Å²) in [5, 5.41) is 5.74. The van der Waals surface area contributed by atoms with Crippen LogP contribution in [0.25, 0.3) is 5.57 Å². The van der Waals surface area contributed by atoms with Crippen LogP contribution in [0.2, 0.25) is 0 Å². The number of allylic oxidation sites excluding steroid dienone is 1. The van der Waals surface area contributed by atoms with Gasteiger partial charge in [0, 0.05) is 24.7 Å². The van der Waals surface area contributed by atoms with Crippen LogP contribution in [0.1, 0.15) is 46.3 Å². The molecule has 0 radical (unpaired) electrons. The molecule has 0 saturated carbocycles. The second-order valence-electron chi connectivity index (χ2n) is 8.87. The van der Waals surface area contributed by atoms with Gasteiger partial charge in [-0.3, -0.25) is 14.5 Å². The number of nitrogens with one attached hydrogen (secondary N) is 2. The Morgan fingerprint density at radius 1 is 1.03 bits per heavy atom. The molecule has 2 amide bonds. The van der Waals surface area contributed by atoms with Crippen LogP contribution in [-0.4, -0.2) is 56.9 Å². The van der Waals surface area contributed by atoms with E-state index in [-0.39, 0.29) is 24.4 Å². The monoisotopic (exact) mass is 481 g/mol. The summed E-state index contributed by atoms with van der Waals surface area (Å²) in [6, 6.07) is 16.8. The topological polar surface area (TPSA) is 95.6 Å². The Morgan fingerprint density at radius 2 is 1.71 bits per heavy atom. The highest BCUT2D eigenvalue weighted by Crippen LogP contribution is 2.31. The number of likely N-dealkylation sites (tertiary alicyclic amines) is 1. The maximum atomic E-state index is 12.2. The molecule has 1 heterocycles. The van der Waals surface area contributed by atoms with Crippen LogP contribution < -0.4 is 10.6 Å². The third-order valence-electron chi connectivity index (χ3n) is 6.25. The van der Waals surface area contributed by atoms with Gasteiger partial charge >= 0.3 is 11.6 Å². The van der Waals surface area contributed by atoms with Gasteiger partial charge in [-0.1, -0.05) is 53.6 Å². The van der Waals surface area contributed by atoms with Gasteiger partial charge in [-0.2, -0.15) is 8.42 Å². The first-order valence-corrected chi connectivity index (χ1v) is 12.1. The summed E-state index contributed by atoms with van der Waals surface area (Å²) in [6.45, 7) is 5.86. The van der Waals surface area contributed by atoms with Gasteiger partial charge in [-0.05, 0) is 56.4 Å². The number of rotatable bonds is 6. The second kappa shape index (κ2) is 12.4. The molecule has 1 unspecified atom stereocenters. The van der Waals surface area contributed by atoms with E-state index < -0.39 is 11.6 Å². The molecule has 2 aromatic rings. The highest BCUT2D eigenvalue weighted by atomic mass is 32.1. The largest absolute Gasteiger partial charge is 0.349 e. The average Bonchev–Trinajstić information content (AvgIpc) is 2.80. The number of amides is 2. The molecule has 2 aromatic carbocycles. The predicted octanol–water partition coefficient (Wildman–Crippen LogP) is 2.80. The maximum absolute atomic E-state index is 12.2. The molecule has 1 atom stereocenters. The minimum absolute atomic E-state index is 0.00922. The zero-order chi connectivity index (χ0) is 24.5. The van der Waals surface area contributed by atoms with Crippen molar-refractivity contribution in [3.63, 3.8) is 0 Å². The molecular formula is C26H31N3O4S. The van der Waals surface area contributed by atoms with Crippen LogP contribution in [0.5, 0.6) is 0 Å². The van der Waals surface area contributed by atoms with E-state index in [1.807, 2.05) is 25.1 Å². The lowest BCUT2D eigenvalue weighted by Crippen LogP contribution is -2.63. The van der Waals surface area contributed by atoms with E-state index in [9.17, 15) is 9.59 Å². The summed E-state index contributed by atoms with van der Waals surface area (Å²) >= 11 is -0.750. The SMILES string of the molecule is Cc1cccc(C(=O)NCC(=O)NC2CN(C3CC=C(c4cccc(C)c4)CC3)C2)c1.O=S=O. The fourth-order valence-electron chi connectivity index (χ4n) is 4.49. The van der Waals surface area contributed by atoms with Gasteiger partial charge in [0.1, 0.15) is 0 Å². The Bertz CT molecular complexity index is 1090. The van der Waals surface area contributed by atoms with Crippen LogP contribution in [0.4, 0.5) is 0 Å². The Hall–Kier alpha value is -3.10. The Balaban J connectivity index is 0.00000103. The zero-order valence-corrected chi connectivity index (χ0v) is 20.4. The third-order valence-corrected chi connectivity index (χ3v) is 6.25. The first-order valence-electron chi connectivity index (χ1n) is 11.5. The smallest absolute Gasteiger partial charge is 0.335 e. The van der Waals surface area contributed by atoms with Gasteiger partial charge in [0.05, 0.1) is 12.6 Å². The van der Waals surface area contributed by atoms with Crippen molar-refractivity contribution in [2.45, 2.75) is 45.2 Å². The van der Waals surface area contributed by atoms with Gasteiger partial charge < -0.3 is 10.6 Å². The van der Waals surface area contributed by atoms with E-state index in [1.54, 1.807) is 6.07 Å². The van der Waals surface area contributed by atoms with Gasteiger partial charge in [0.15, 0.2) is 0 Å². The zero-order valence-electron chi connectivity index (χ0n) is 19.6. The minimum atomic E-state index is -0.750. The lowest BCUT2D eigenvalue weighted by Gasteiger charge is -2.45. The van der Waals surface area contributed by atoms with E-state index in [0.717, 1.165) is 37.9 Å². The molecule has 0 aromatic heterocycles. The molecule has 1 saturated heterocycles. The quantitative estimate of drug-likeness (QED) is 0.662. The number of nitrogens with zero attached hydrogens (tertiary/aromatic N) is 1. The van der Waals surface area contributed by atoms with Crippen LogP contribution in [0.15, 0.2) is 54.6 Å². The lowest BCUT2D eigenvalue weighted by molar-refractivity contribution is -0.122. The van der Waals surface area contributed by atoms with Gasteiger partial charge in [-0.15, -0.1) is 0 Å². The molecule has 2 aliphatic rings. The van der Waals surface area contributed by atoms with Crippen LogP contribution >= 0.6 is 0 Å². The first kappa shape index (κ1) is 25.5. The van der Waals surface area contributed by atoms with E-state index in [2.05, 4.69) is 52.8 Å². The highest BCUT2D eigenvalue weighted by Gasteiger charge is 2.33. The Kier molecular flexibility index (Phi) is 9.30. The summed E-state index contributed by atoms with van der Waals surface area (Å²) in [5.74, 6) is -0.344. The van der Waals surface area contributed by atoms with Crippen molar-refractivity contribution in [1.82, 2.24) is 15.5 Å². The number of carbonyl (C=O) groups is 2. The molecule has 180 valence electrons. The van der Waals surface area contributed by atoms with Crippen molar-refractivity contribution < 1.29 is 18.0 Å². The van der Waals surface area contributed by atoms with Crippen LogP contribution in [0, 0.1) is 13.8 Å². The fourth-order valence-corrected chi connectivity index (χ4v) is 4.49. The molecular weight excluding hydrogens is 450 g/mol. The van der Waals surface area contributed by atoms with Crippen LogP contribution in [0.3, 0.4) is 0 Å². The maximum Gasteiger partial charge on any atom is 0.335 e. The summed E-state index contributed by atoms with van der Waals surface area (Å²) in [4.78, 5) is 26.8. The number of carbonyl (C=O) groups excluding carboxylic acids is 2. The van der Waals surface area contributed by atoms with Gasteiger partial charge in [-0.25, -0.2) is 0 Å². The molecule has 1 aliphatic carbocycles. The van der Waals surface area contributed by atoms with Crippen molar-refractivity contribution in [2.24, 2.45) is 0 Å². The summed E-state index contributed by atoms with van der Waals surface area (Å²) in [7, 11) is 0. The fraction of sp³-hybridized carbons (Fsp3) is 0.385. The molecule has 0 bridgehead atoms. The standard InChI is InChI=1S/C26H31N3O2.O2S/c1-18-5-3-7-21(13-18)20-9-11-24(12-10-20)29-16-23(17-29)28-25(30)15-27-26(31)22-8-4-6-19(2)14-22;1-3-2/h3-9,13-14,23-24H,10-12,15-17H2,1-2H3,(H,27,31)(H,28,30);. The third kappa shape index (κ3) is 7.20. The average molecular weight is 482 g/mol. The Labute approximate surface area is 204 Å². The highest BCUT2D eigenvalue weighted by molar-refractivity contribution is 7.51. The Morgan fingerprint density at radius 3 is 2.32 bits per heavy atom. The first-order chi connectivity index (χ1) is 16.4. The number of hydrogen-bond acceptors (Lipinski definition) is 5. The minimum Gasteiger partial charge on any atom is -0.349 e. The number of hydrogen-bond donors (Lipinski definition) is 2. The van der Waals surface area contributed by atoms with Crippen molar-refractivity contribution in [3.8, 4) is 0 Å². The van der Waals surface area contributed by atoms with Gasteiger partial charge in [0.2, 0.25) is 5.91 Å².